The highest BCUT2D eigenvalue weighted by Gasteiger charge is 2.23. The average molecular weight is 316 g/mol. The molecule has 124 valence electrons. The minimum atomic E-state index is 0.302. The first kappa shape index (κ1) is 15.5. The van der Waals surface area contributed by atoms with Gasteiger partial charge in [-0.1, -0.05) is 0 Å². The Hall–Kier alpha value is -2.38. The van der Waals surface area contributed by atoms with Crippen molar-refractivity contribution in [1.82, 2.24) is 24.9 Å². The van der Waals surface area contributed by atoms with Gasteiger partial charge < -0.3 is 16.0 Å². The van der Waals surface area contributed by atoms with E-state index in [1.165, 1.54) is 0 Å². The maximum absolute atomic E-state index is 5.89. The number of nitrogens with zero attached hydrogens (tertiary/aromatic N) is 6. The SMILES string of the molecule is CC(C)NC(N)=NCC1CCCN(c2nccn3cnnc23)C1. The van der Waals surface area contributed by atoms with E-state index in [2.05, 4.69) is 44.2 Å². The molecule has 0 amide bonds. The van der Waals surface area contributed by atoms with E-state index in [0.717, 1.165) is 43.9 Å². The Morgan fingerprint density at radius 3 is 3.22 bits per heavy atom. The third kappa shape index (κ3) is 3.69. The van der Waals surface area contributed by atoms with Crippen LogP contribution in [0.25, 0.3) is 5.65 Å². The van der Waals surface area contributed by atoms with Crippen molar-refractivity contribution in [3.8, 4) is 0 Å². The van der Waals surface area contributed by atoms with Crippen molar-refractivity contribution in [2.45, 2.75) is 32.7 Å². The first-order valence-corrected chi connectivity index (χ1v) is 8.09. The van der Waals surface area contributed by atoms with Crippen LogP contribution in [-0.2, 0) is 0 Å². The second-order valence-electron chi connectivity index (χ2n) is 6.29. The standard InChI is InChI=1S/C15H24N8/c1-11(2)20-15(16)18-8-12-4-3-6-22(9-12)13-14-21-19-10-23(14)7-5-17-13/h5,7,10-12H,3-4,6,8-9H2,1-2H3,(H3,16,18,20). The van der Waals surface area contributed by atoms with Crippen molar-refractivity contribution in [3.05, 3.63) is 18.7 Å². The van der Waals surface area contributed by atoms with E-state index in [9.17, 15) is 0 Å². The molecule has 1 unspecified atom stereocenters. The summed E-state index contributed by atoms with van der Waals surface area (Å²) in [5.41, 5.74) is 6.69. The van der Waals surface area contributed by atoms with Crippen LogP contribution in [0, 0.1) is 5.92 Å². The molecule has 0 spiro atoms. The fourth-order valence-corrected chi connectivity index (χ4v) is 2.94. The van der Waals surface area contributed by atoms with Gasteiger partial charge in [0.2, 0.25) is 5.65 Å². The summed E-state index contributed by atoms with van der Waals surface area (Å²) in [6, 6.07) is 0.302. The molecule has 3 rings (SSSR count). The second-order valence-corrected chi connectivity index (χ2v) is 6.29. The summed E-state index contributed by atoms with van der Waals surface area (Å²) in [5.74, 6) is 1.89. The van der Waals surface area contributed by atoms with E-state index in [1.807, 2.05) is 10.6 Å². The van der Waals surface area contributed by atoms with Gasteiger partial charge >= 0.3 is 0 Å². The number of nitrogens with two attached hydrogens (primary N) is 1. The van der Waals surface area contributed by atoms with Crippen LogP contribution in [0.5, 0.6) is 0 Å². The van der Waals surface area contributed by atoms with Crippen LogP contribution >= 0.6 is 0 Å². The zero-order chi connectivity index (χ0) is 16.2. The van der Waals surface area contributed by atoms with E-state index < -0.39 is 0 Å². The first-order valence-electron chi connectivity index (χ1n) is 8.09. The number of guanidine groups is 1. The second kappa shape index (κ2) is 6.80. The predicted molar refractivity (Wildman–Crippen MR) is 90.5 cm³/mol. The molecule has 3 heterocycles. The van der Waals surface area contributed by atoms with E-state index in [-0.39, 0.29) is 0 Å². The third-order valence-electron chi connectivity index (χ3n) is 3.97. The normalized spacial score (nSPS) is 19.5. The van der Waals surface area contributed by atoms with E-state index in [4.69, 9.17) is 5.73 Å². The van der Waals surface area contributed by atoms with Crippen molar-refractivity contribution < 1.29 is 0 Å². The highest BCUT2D eigenvalue weighted by molar-refractivity contribution is 5.78. The Kier molecular flexibility index (Phi) is 4.59. The lowest BCUT2D eigenvalue weighted by molar-refractivity contribution is 0.422. The number of rotatable bonds is 4. The number of hydrogen-bond donors (Lipinski definition) is 2. The molecule has 1 saturated heterocycles. The van der Waals surface area contributed by atoms with Gasteiger partial charge in [-0.25, -0.2) is 4.98 Å². The van der Waals surface area contributed by atoms with E-state index in [1.54, 1.807) is 12.5 Å². The molecule has 1 aliphatic rings. The smallest absolute Gasteiger partial charge is 0.203 e. The Bertz CT molecular complexity index is 677. The van der Waals surface area contributed by atoms with Gasteiger partial charge in [-0.05, 0) is 32.6 Å². The van der Waals surface area contributed by atoms with Gasteiger partial charge in [0, 0.05) is 38.1 Å². The summed E-state index contributed by atoms with van der Waals surface area (Å²) >= 11 is 0. The molecular formula is C15H24N8. The van der Waals surface area contributed by atoms with Gasteiger partial charge in [-0.2, -0.15) is 0 Å². The van der Waals surface area contributed by atoms with Crippen LogP contribution in [-0.4, -0.2) is 51.2 Å². The molecule has 0 saturated carbocycles. The zero-order valence-corrected chi connectivity index (χ0v) is 13.7. The van der Waals surface area contributed by atoms with Crippen LogP contribution < -0.4 is 16.0 Å². The quantitative estimate of drug-likeness (QED) is 0.635. The van der Waals surface area contributed by atoms with Crippen molar-refractivity contribution in [3.63, 3.8) is 0 Å². The zero-order valence-electron chi connectivity index (χ0n) is 13.7. The highest BCUT2D eigenvalue weighted by atomic mass is 15.3. The fourth-order valence-electron chi connectivity index (χ4n) is 2.94. The van der Waals surface area contributed by atoms with Crippen molar-refractivity contribution in [1.29, 1.82) is 0 Å². The summed E-state index contributed by atoms with van der Waals surface area (Å²) in [5, 5.41) is 11.3. The summed E-state index contributed by atoms with van der Waals surface area (Å²) in [6.45, 7) is 6.74. The number of hydrogen-bond acceptors (Lipinski definition) is 5. The summed E-state index contributed by atoms with van der Waals surface area (Å²) in [7, 11) is 0. The third-order valence-corrected chi connectivity index (χ3v) is 3.97. The minimum Gasteiger partial charge on any atom is -0.370 e. The van der Waals surface area contributed by atoms with E-state index in [0.29, 0.717) is 17.9 Å². The summed E-state index contributed by atoms with van der Waals surface area (Å²) in [4.78, 5) is 11.3. The summed E-state index contributed by atoms with van der Waals surface area (Å²) < 4.78 is 1.90. The molecule has 1 fully saturated rings. The number of piperidine rings is 1. The molecule has 3 N–H and O–H groups in total. The van der Waals surface area contributed by atoms with Gasteiger partial charge in [0.25, 0.3) is 0 Å². The number of fused-ring (bicyclic) bond motifs is 1. The van der Waals surface area contributed by atoms with Crippen LogP contribution in [0.15, 0.2) is 23.7 Å². The molecule has 8 heteroatoms. The average Bonchev–Trinajstić information content (AvgIpc) is 3.01. The van der Waals surface area contributed by atoms with Crippen LogP contribution in [0.4, 0.5) is 5.82 Å². The molecule has 0 radical (unpaired) electrons. The Morgan fingerprint density at radius 1 is 1.52 bits per heavy atom. The van der Waals surface area contributed by atoms with Crippen molar-refractivity contribution in [2.75, 3.05) is 24.5 Å². The van der Waals surface area contributed by atoms with Crippen molar-refractivity contribution in [2.24, 2.45) is 16.6 Å². The van der Waals surface area contributed by atoms with E-state index >= 15 is 0 Å². The minimum absolute atomic E-state index is 0.302. The molecule has 0 bridgehead atoms. The van der Waals surface area contributed by atoms with Crippen LogP contribution in [0.1, 0.15) is 26.7 Å². The number of aliphatic imine (C=N–C) groups is 1. The topological polar surface area (TPSA) is 96.7 Å². The van der Waals surface area contributed by atoms with Gasteiger partial charge in [-0.15, -0.1) is 10.2 Å². The molecular weight excluding hydrogens is 292 g/mol. The molecule has 23 heavy (non-hydrogen) atoms. The summed E-state index contributed by atoms with van der Waals surface area (Å²) in [6.07, 6.45) is 7.63. The number of nitrogens with one attached hydrogen (secondary N) is 1. The van der Waals surface area contributed by atoms with Crippen molar-refractivity contribution >= 4 is 17.4 Å². The lowest BCUT2D eigenvalue weighted by Gasteiger charge is -2.32. The van der Waals surface area contributed by atoms with Gasteiger partial charge in [0.05, 0.1) is 0 Å². The highest BCUT2D eigenvalue weighted by Crippen LogP contribution is 2.24. The largest absolute Gasteiger partial charge is 0.370 e. The lowest BCUT2D eigenvalue weighted by atomic mass is 9.98. The molecule has 2 aromatic rings. The van der Waals surface area contributed by atoms with Gasteiger partial charge in [0.1, 0.15) is 6.33 Å². The Morgan fingerprint density at radius 2 is 2.39 bits per heavy atom. The van der Waals surface area contributed by atoms with Crippen LogP contribution in [0.2, 0.25) is 0 Å². The fraction of sp³-hybridized carbons (Fsp3) is 0.600. The lowest BCUT2D eigenvalue weighted by Crippen LogP contribution is -2.39. The van der Waals surface area contributed by atoms with Gasteiger partial charge in [0.15, 0.2) is 11.8 Å². The first-order chi connectivity index (χ1) is 11.1. The molecule has 8 nitrogen and oxygen atoms in total. The molecule has 2 aromatic heterocycles. The Labute approximate surface area is 135 Å². The Balaban J connectivity index is 1.68. The molecule has 1 aliphatic heterocycles. The monoisotopic (exact) mass is 316 g/mol. The van der Waals surface area contributed by atoms with Gasteiger partial charge in [-0.3, -0.25) is 9.39 Å². The maximum atomic E-state index is 5.89. The molecule has 1 atom stereocenters. The molecule has 0 aromatic carbocycles. The maximum Gasteiger partial charge on any atom is 0.203 e. The number of anilines is 1. The predicted octanol–water partition coefficient (Wildman–Crippen LogP) is 0.653. The van der Waals surface area contributed by atoms with Crippen LogP contribution in [0.3, 0.4) is 0 Å². The molecule has 0 aliphatic carbocycles. The number of aromatic nitrogens is 4.